The third-order valence-corrected chi connectivity index (χ3v) is 4.56. The van der Waals surface area contributed by atoms with Crippen molar-refractivity contribution in [1.29, 1.82) is 0 Å². The second kappa shape index (κ2) is 8.01. The van der Waals surface area contributed by atoms with Crippen molar-refractivity contribution in [1.82, 2.24) is 5.32 Å². The Hall–Kier alpha value is -0.580. The van der Waals surface area contributed by atoms with Crippen LogP contribution in [0.2, 0.25) is 0 Å². The average Bonchev–Trinajstić information content (AvgIpc) is 2.82. The van der Waals surface area contributed by atoms with E-state index in [0.717, 1.165) is 28.6 Å². The molecule has 1 aliphatic carbocycles. The van der Waals surface area contributed by atoms with Gasteiger partial charge in [0.1, 0.15) is 18.5 Å². The van der Waals surface area contributed by atoms with Crippen molar-refractivity contribution in [2.45, 2.75) is 32.3 Å². The van der Waals surface area contributed by atoms with Gasteiger partial charge in [0, 0.05) is 11.0 Å². The molecule has 1 fully saturated rings. The zero-order valence-electron chi connectivity index (χ0n) is 12.0. The van der Waals surface area contributed by atoms with Crippen molar-refractivity contribution in [2.75, 3.05) is 19.7 Å². The van der Waals surface area contributed by atoms with Gasteiger partial charge in [-0.05, 0) is 43.0 Å². The summed E-state index contributed by atoms with van der Waals surface area (Å²) in [7, 11) is 0. The summed E-state index contributed by atoms with van der Waals surface area (Å²) in [6.07, 6.45) is 3.55. The Morgan fingerprint density at radius 3 is 3.00 bits per heavy atom. The molecular weight excluding hydrogens is 318 g/mol. The van der Waals surface area contributed by atoms with Crippen molar-refractivity contribution in [3.63, 3.8) is 0 Å². The highest BCUT2D eigenvalue weighted by Crippen LogP contribution is 2.30. The first kappa shape index (κ1) is 15.8. The lowest BCUT2D eigenvalue weighted by Crippen LogP contribution is -2.34. The molecule has 112 valence electrons. The number of nitrogens with one attached hydrogen (secondary N) is 1. The summed E-state index contributed by atoms with van der Waals surface area (Å²) >= 11 is 3.40. The standard InChI is InChI=1S/C16H24BrNO2/c1-12-4-2-5-13(12)9-18-10-15(19)11-20-16-7-3-6-14(17)8-16/h3,6-8,12-13,15,18-19H,2,4-5,9-11H2,1H3. The molecule has 1 aromatic carbocycles. The highest BCUT2D eigenvalue weighted by molar-refractivity contribution is 9.10. The van der Waals surface area contributed by atoms with Crippen LogP contribution in [0.25, 0.3) is 0 Å². The fraction of sp³-hybridized carbons (Fsp3) is 0.625. The van der Waals surface area contributed by atoms with Gasteiger partial charge < -0.3 is 15.2 Å². The number of ether oxygens (including phenoxy) is 1. The summed E-state index contributed by atoms with van der Waals surface area (Å²) < 4.78 is 6.56. The first-order valence-corrected chi connectivity index (χ1v) is 8.21. The minimum absolute atomic E-state index is 0.323. The summed E-state index contributed by atoms with van der Waals surface area (Å²) in [4.78, 5) is 0. The molecule has 4 heteroatoms. The molecule has 20 heavy (non-hydrogen) atoms. The maximum absolute atomic E-state index is 9.92. The van der Waals surface area contributed by atoms with Gasteiger partial charge in [0.05, 0.1) is 0 Å². The maximum Gasteiger partial charge on any atom is 0.120 e. The van der Waals surface area contributed by atoms with E-state index in [1.54, 1.807) is 0 Å². The van der Waals surface area contributed by atoms with Gasteiger partial charge in [0.25, 0.3) is 0 Å². The van der Waals surface area contributed by atoms with Gasteiger partial charge in [-0.25, -0.2) is 0 Å². The molecule has 0 aromatic heterocycles. The van der Waals surface area contributed by atoms with Crippen LogP contribution in [0.15, 0.2) is 28.7 Å². The number of aliphatic hydroxyl groups excluding tert-OH is 1. The maximum atomic E-state index is 9.92. The SMILES string of the molecule is CC1CCCC1CNCC(O)COc1cccc(Br)c1. The third kappa shape index (κ3) is 5.08. The Bertz CT molecular complexity index is 413. The molecule has 1 saturated carbocycles. The molecule has 2 N–H and O–H groups in total. The number of hydrogen-bond donors (Lipinski definition) is 2. The molecular formula is C16H24BrNO2. The number of rotatable bonds is 7. The van der Waals surface area contributed by atoms with E-state index >= 15 is 0 Å². The van der Waals surface area contributed by atoms with Gasteiger partial charge in [-0.3, -0.25) is 0 Å². The molecule has 0 heterocycles. The van der Waals surface area contributed by atoms with E-state index < -0.39 is 6.10 Å². The van der Waals surface area contributed by atoms with Crippen molar-refractivity contribution in [3.8, 4) is 5.75 Å². The van der Waals surface area contributed by atoms with Crippen molar-refractivity contribution in [2.24, 2.45) is 11.8 Å². The number of hydrogen-bond acceptors (Lipinski definition) is 3. The first-order valence-electron chi connectivity index (χ1n) is 7.42. The Morgan fingerprint density at radius 1 is 1.45 bits per heavy atom. The van der Waals surface area contributed by atoms with Crippen LogP contribution in [0, 0.1) is 11.8 Å². The third-order valence-electron chi connectivity index (χ3n) is 4.06. The quantitative estimate of drug-likeness (QED) is 0.800. The van der Waals surface area contributed by atoms with Crippen LogP contribution in [0.5, 0.6) is 5.75 Å². The Morgan fingerprint density at radius 2 is 2.30 bits per heavy atom. The molecule has 0 saturated heterocycles. The van der Waals surface area contributed by atoms with E-state index in [0.29, 0.717) is 13.2 Å². The lowest BCUT2D eigenvalue weighted by atomic mass is 9.98. The van der Waals surface area contributed by atoms with Crippen molar-refractivity contribution in [3.05, 3.63) is 28.7 Å². The molecule has 3 unspecified atom stereocenters. The zero-order chi connectivity index (χ0) is 14.4. The first-order chi connectivity index (χ1) is 9.65. The number of benzene rings is 1. The highest BCUT2D eigenvalue weighted by atomic mass is 79.9. The van der Waals surface area contributed by atoms with Gasteiger partial charge in [-0.1, -0.05) is 41.8 Å². The van der Waals surface area contributed by atoms with E-state index in [-0.39, 0.29) is 0 Å². The van der Waals surface area contributed by atoms with E-state index in [9.17, 15) is 5.11 Å². The minimum atomic E-state index is -0.467. The fourth-order valence-electron chi connectivity index (χ4n) is 2.77. The normalized spacial score (nSPS) is 23.8. The summed E-state index contributed by atoms with van der Waals surface area (Å²) in [6, 6.07) is 7.67. The molecule has 1 aliphatic rings. The van der Waals surface area contributed by atoms with E-state index in [2.05, 4.69) is 28.2 Å². The summed E-state index contributed by atoms with van der Waals surface area (Å²) in [6.45, 7) is 4.25. The predicted octanol–water partition coefficient (Wildman–Crippen LogP) is 3.21. The van der Waals surface area contributed by atoms with Gasteiger partial charge in [0.15, 0.2) is 0 Å². The lowest BCUT2D eigenvalue weighted by molar-refractivity contribution is 0.105. The Balaban J connectivity index is 1.61. The number of halogens is 1. The van der Waals surface area contributed by atoms with E-state index in [1.807, 2.05) is 24.3 Å². The Labute approximate surface area is 129 Å². The summed E-state index contributed by atoms with van der Waals surface area (Å²) in [5.74, 6) is 2.37. The number of aliphatic hydroxyl groups is 1. The monoisotopic (exact) mass is 341 g/mol. The average molecular weight is 342 g/mol. The summed E-state index contributed by atoms with van der Waals surface area (Å²) in [5, 5.41) is 13.3. The minimum Gasteiger partial charge on any atom is -0.491 e. The van der Waals surface area contributed by atoms with Crippen LogP contribution >= 0.6 is 15.9 Å². The largest absolute Gasteiger partial charge is 0.491 e. The van der Waals surface area contributed by atoms with Crippen LogP contribution < -0.4 is 10.1 Å². The van der Waals surface area contributed by atoms with Crippen molar-refractivity contribution < 1.29 is 9.84 Å². The molecule has 3 nitrogen and oxygen atoms in total. The van der Waals surface area contributed by atoms with Crippen LogP contribution in [0.1, 0.15) is 26.2 Å². The van der Waals surface area contributed by atoms with Crippen molar-refractivity contribution >= 4 is 15.9 Å². The predicted molar refractivity (Wildman–Crippen MR) is 85.0 cm³/mol. The summed E-state index contributed by atoms with van der Waals surface area (Å²) in [5.41, 5.74) is 0. The topological polar surface area (TPSA) is 41.5 Å². The second-order valence-electron chi connectivity index (χ2n) is 5.75. The van der Waals surface area contributed by atoms with Crippen LogP contribution in [0.4, 0.5) is 0 Å². The fourth-order valence-corrected chi connectivity index (χ4v) is 3.15. The molecule has 2 rings (SSSR count). The van der Waals surface area contributed by atoms with E-state index in [4.69, 9.17) is 4.74 Å². The van der Waals surface area contributed by atoms with Crippen LogP contribution in [-0.2, 0) is 0 Å². The molecule has 0 bridgehead atoms. The molecule has 0 aliphatic heterocycles. The zero-order valence-corrected chi connectivity index (χ0v) is 13.6. The van der Waals surface area contributed by atoms with Gasteiger partial charge in [0.2, 0.25) is 0 Å². The highest BCUT2D eigenvalue weighted by Gasteiger charge is 2.22. The smallest absolute Gasteiger partial charge is 0.120 e. The van der Waals surface area contributed by atoms with E-state index in [1.165, 1.54) is 19.3 Å². The lowest BCUT2D eigenvalue weighted by Gasteiger charge is -2.18. The molecule has 0 spiro atoms. The molecule has 1 aromatic rings. The van der Waals surface area contributed by atoms with Crippen LogP contribution in [0.3, 0.4) is 0 Å². The Kier molecular flexibility index (Phi) is 6.33. The van der Waals surface area contributed by atoms with Gasteiger partial charge >= 0.3 is 0 Å². The van der Waals surface area contributed by atoms with Gasteiger partial charge in [-0.2, -0.15) is 0 Å². The molecule has 3 atom stereocenters. The van der Waals surface area contributed by atoms with Gasteiger partial charge in [-0.15, -0.1) is 0 Å². The second-order valence-corrected chi connectivity index (χ2v) is 6.66. The molecule has 0 radical (unpaired) electrons. The van der Waals surface area contributed by atoms with Crippen LogP contribution in [-0.4, -0.2) is 30.9 Å². The molecule has 0 amide bonds.